The van der Waals surface area contributed by atoms with E-state index in [0.29, 0.717) is 6.04 Å². The summed E-state index contributed by atoms with van der Waals surface area (Å²) in [6, 6.07) is 0.307. The van der Waals surface area contributed by atoms with Gasteiger partial charge in [0.1, 0.15) is 0 Å². The zero-order chi connectivity index (χ0) is 16.4. The molecule has 0 amide bonds. The molecule has 2 aliphatic rings. The molecule has 1 aromatic rings. The van der Waals surface area contributed by atoms with E-state index in [1.807, 2.05) is 4.68 Å². The second-order valence-corrected chi connectivity index (χ2v) is 6.91. The van der Waals surface area contributed by atoms with Gasteiger partial charge in [0.15, 0.2) is 0 Å². The van der Waals surface area contributed by atoms with Crippen LogP contribution in [0.15, 0.2) is 0 Å². The van der Waals surface area contributed by atoms with Crippen molar-refractivity contribution in [1.29, 1.82) is 0 Å². The van der Waals surface area contributed by atoms with Gasteiger partial charge in [-0.25, -0.2) is 4.68 Å². The molecule has 2 fully saturated rings. The number of hydrogen-bond donors (Lipinski definition) is 0. The molecular formula is C16H29N5O2. The minimum absolute atomic E-state index is 0.247. The fourth-order valence-electron chi connectivity index (χ4n) is 3.74. The van der Waals surface area contributed by atoms with Gasteiger partial charge in [0.05, 0.1) is 30.5 Å². The molecule has 1 aromatic heterocycles. The van der Waals surface area contributed by atoms with Gasteiger partial charge in [0.25, 0.3) is 0 Å². The van der Waals surface area contributed by atoms with Crippen LogP contribution in [0, 0.1) is 0 Å². The zero-order valence-corrected chi connectivity index (χ0v) is 14.7. The Kier molecular flexibility index (Phi) is 5.16. The summed E-state index contributed by atoms with van der Waals surface area (Å²) in [7, 11) is 0. The average molecular weight is 323 g/mol. The third-order valence-corrected chi connectivity index (χ3v) is 4.92. The van der Waals surface area contributed by atoms with Gasteiger partial charge in [0.2, 0.25) is 5.95 Å². The Labute approximate surface area is 138 Å². The maximum atomic E-state index is 6.09. The van der Waals surface area contributed by atoms with Crippen LogP contribution in [0.3, 0.4) is 0 Å². The summed E-state index contributed by atoms with van der Waals surface area (Å²) in [6.07, 6.45) is 4.95. The smallest absolute Gasteiger partial charge is 0.245 e. The summed E-state index contributed by atoms with van der Waals surface area (Å²) in [6.45, 7) is 10.3. The normalized spacial score (nSPS) is 35.5. The summed E-state index contributed by atoms with van der Waals surface area (Å²) in [5.41, 5.74) is 0. The number of ether oxygens (including phenoxy) is 2. The largest absolute Gasteiger partial charge is 0.375 e. The first kappa shape index (κ1) is 16.6. The van der Waals surface area contributed by atoms with Crippen molar-refractivity contribution in [3.05, 3.63) is 0 Å². The van der Waals surface area contributed by atoms with E-state index in [1.54, 1.807) is 0 Å². The maximum Gasteiger partial charge on any atom is 0.245 e. The highest BCUT2D eigenvalue weighted by Crippen LogP contribution is 2.31. The molecule has 4 atom stereocenters. The number of aromatic nitrogens is 4. The highest BCUT2D eigenvalue weighted by Gasteiger charge is 2.33. The Morgan fingerprint density at radius 1 is 1.00 bits per heavy atom. The van der Waals surface area contributed by atoms with E-state index in [-0.39, 0.29) is 24.4 Å². The van der Waals surface area contributed by atoms with E-state index < -0.39 is 0 Å². The molecule has 7 nitrogen and oxygen atoms in total. The average Bonchev–Trinajstić information content (AvgIpc) is 3.03. The van der Waals surface area contributed by atoms with Crippen LogP contribution in [-0.4, -0.2) is 57.7 Å². The van der Waals surface area contributed by atoms with Crippen molar-refractivity contribution in [1.82, 2.24) is 20.2 Å². The standard InChI is InChI=1S/C16H29N5O2/c1-5-14-9-20(10-15(6-2)23-14)16-17-18-19-21(16)13-7-11(3)22-12(4)8-13/h11-15H,5-10H2,1-4H3. The monoisotopic (exact) mass is 323 g/mol. The third kappa shape index (κ3) is 3.66. The van der Waals surface area contributed by atoms with Gasteiger partial charge < -0.3 is 14.4 Å². The van der Waals surface area contributed by atoms with Gasteiger partial charge in [-0.2, -0.15) is 0 Å². The molecule has 0 radical (unpaired) electrons. The fraction of sp³-hybridized carbons (Fsp3) is 0.938. The Bertz CT molecular complexity index is 486. The van der Waals surface area contributed by atoms with E-state index in [1.165, 1.54) is 0 Å². The molecule has 4 unspecified atom stereocenters. The summed E-state index contributed by atoms with van der Waals surface area (Å²) in [4.78, 5) is 2.30. The van der Waals surface area contributed by atoms with Crippen LogP contribution in [0.2, 0.25) is 0 Å². The van der Waals surface area contributed by atoms with Crippen LogP contribution < -0.4 is 4.90 Å². The van der Waals surface area contributed by atoms with Gasteiger partial charge in [-0.1, -0.05) is 18.9 Å². The Morgan fingerprint density at radius 3 is 2.17 bits per heavy atom. The lowest BCUT2D eigenvalue weighted by molar-refractivity contribution is -0.0514. The molecule has 7 heteroatoms. The minimum atomic E-state index is 0.247. The quantitative estimate of drug-likeness (QED) is 0.846. The predicted molar refractivity (Wildman–Crippen MR) is 87.6 cm³/mol. The van der Waals surface area contributed by atoms with Crippen molar-refractivity contribution in [3.8, 4) is 0 Å². The van der Waals surface area contributed by atoms with Gasteiger partial charge in [0, 0.05) is 13.1 Å². The van der Waals surface area contributed by atoms with Gasteiger partial charge in [-0.05, 0) is 50.0 Å². The fourth-order valence-corrected chi connectivity index (χ4v) is 3.74. The number of rotatable bonds is 4. The first-order valence-corrected chi connectivity index (χ1v) is 8.94. The van der Waals surface area contributed by atoms with E-state index in [9.17, 15) is 0 Å². The molecule has 0 saturated carbocycles. The summed E-state index contributed by atoms with van der Waals surface area (Å²) in [5.74, 6) is 0.886. The Morgan fingerprint density at radius 2 is 1.61 bits per heavy atom. The van der Waals surface area contributed by atoms with Gasteiger partial charge in [-0.3, -0.25) is 0 Å². The van der Waals surface area contributed by atoms with Gasteiger partial charge >= 0.3 is 0 Å². The first-order chi connectivity index (χ1) is 11.1. The predicted octanol–water partition coefficient (Wildman–Crippen LogP) is 2.20. The molecule has 23 heavy (non-hydrogen) atoms. The van der Waals surface area contributed by atoms with Crippen LogP contribution in [0.25, 0.3) is 0 Å². The number of tetrazole rings is 1. The molecule has 2 aliphatic heterocycles. The molecule has 3 heterocycles. The van der Waals surface area contributed by atoms with E-state index in [4.69, 9.17) is 9.47 Å². The highest BCUT2D eigenvalue weighted by molar-refractivity contribution is 5.30. The SMILES string of the molecule is CCC1CN(c2nnnn2C2CC(C)OC(C)C2)CC(CC)O1. The number of morpholine rings is 1. The van der Waals surface area contributed by atoms with E-state index in [0.717, 1.165) is 44.7 Å². The number of anilines is 1. The molecule has 130 valence electrons. The lowest BCUT2D eigenvalue weighted by Crippen LogP contribution is -2.48. The second-order valence-electron chi connectivity index (χ2n) is 6.91. The third-order valence-electron chi connectivity index (χ3n) is 4.92. The van der Waals surface area contributed by atoms with Crippen molar-refractivity contribution in [3.63, 3.8) is 0 Å². The zero-order valence-electron chi connectivity index (χ0n) is 14.7. The summed E-state index contributed by atoms with van der Waals surface area (Å²) >= 11 is 0. The lowest BCUT2D eigenvalue weighted by atomic mass is 10.00. The molecule has 0 aromatic carbocycles. The molecule has 0 aliphatic carbocycles. The van der Waals surface area contributed by atoms with Crippen LogP contribution in [0.5, 0.6) is 0 Å². The van der Waals surface area contributed by atoms with Crippen molar-refractivity contribution >= 4 is 5.95 Å². The Hall–Kier alpha value is -1.21. The molecular weight excluding hydrogens is 294 g/mol. The summed E-state index contributed by atoms with van der Waals surface area (Å²) in [5, 5.41) is 12.6. The molecule has 2 saturated heterocycles. The van der Waals surface area contributed by atoms with E-state index in [2.05, 4.69) is 48.1 Å². The number of nitrogens with zero attached hydrogens (tertiary/aromatic N) is 5. The minimum Gasteiger partial charge on any atom is -0.375 e. The van der Waals surface area contributed by atoms with Crippen molar-refractivity contribution < 1.29 is 9.47 Å². The van der Waals surface area contributed by atoms with Crippen LogP contribution in [-0.2, 0) is 9.47 Å². The number of hydrogen-bond acceptors (Lipinski definition) is 6. The molecule has 3 rings (SSSR count). The van der Waals surface area contributed by atoms with Crippen LogP contribution in [0.1, 0.15) is 59.4 Å². The molecule has 0 N–H and O–H groups in total. The first-order valence-electron chi connectivity index (χ1n) is 8.94. The van der Waals surface area contributed by atoms with Gasteiger partial charge in [-0.15, -0.1) is 0 Å². The summed E-state index contributed by atoms with van der Waals surface area (Å²) < 4.78 is 14.0. The van der Waals surface area contributed by atoms with Crippen LogP contribution >= 0.6 is 0 Å². The molecule has 0 spiro atoms. The van der Waals surface area contributed by atoms with E-state index >= 15 is 0 Å². The molecule has 0 bridgehead atoms. The lowest BCUT2D eigenvalue weighted by Gasteiger charge is -2.39. The van der Waals surface area contributed by atoms with Crippen molar-refractivity contribution in [2.75, 3.05) is 18.0 Å². The van der Waals surface area contributed by atoms with Crippen molar-refractivity contribution in [2.45, 2.75) is 83.8 Å². The second kappa shape index (κ2) is 7.13. The van der Waals surface area contributed by atoms with Crippen molar-refractivity contribution in [2.24, 2.45) is 0 Å². The Balaban J connectivity index is 1.79. The highest BCUT2D eigenvalue weighted by atomic mass is 16.5. The topological polar surface area (TPSA) is 65.3 Å². The maximum absolute atomic E-state index is 6.09. The van der Waals surface area contributed by atoms with Crippen LogP contribution in [0.4, 0.5) is 5.95 Å².